The van der Waals surface area contributed by atoms with Gasteiger partial charge < -0.3 is 25.7 Å². The van der Waals surface area contributed by atoms with Crippen molar-refractivity contribution in [2.24, 2.45) is 5.73 Å². The van der Waals surface area contributed by atoms with Crippen LogP contribution in [0.2, 0.25) is 0 Å². The van der Waals surface area contributed by atoms with Gasteiger partial charge in [-0.05, 0) is 34.9 Å². The molecule has 0 spiro atoms. The Bertz CT molecular complexity index is 1720. The van der Waals surface area contributed by atoms with Crippen LogP contribution in [0.15, 0.2) is 84.9 Å². The predicted molar refractivity (Wildman–Crippen MR) is 165 cm³/mol. The number of ether oxygens (including phenoxy) is 1. The third kappa shape index (κ3) is 7.79. The van der Waals surface area contributed by atoms with E-state index in [1.54, 1.807) is 29.2 Å². The van der Waals surface area contributed by atoms with Crippen LogP contribution in [0.1, 0.15) is 44.0 Å². The Morgan fingerprint density at radius 1 is 1.00 bits per heavy atom. The zero-order valence-electron chi connectivity index (χ0n) is 24.3. The minimum absolute atomic E-state index is 0.0645. The second kappa shape index (κ2) is 13.7. The smallest absolute Gasteiger partial charge is 0.312 e. The third-order valence-corrected chi connectivity index (χ3v) is 7.58. The van der Waals surface area contributed by atoms with E-state index in [2.05, 4.69) is 10.3 Å². The van der Waals surface area contributed by atoms with Crippen molar-refractivity contribution in [1.29, 1.82) is 5.41 Å². The molecule has 12 nitrogen and oxygen atoms in total. The fourth-order valence-corrected chi connectivity index (χ4v) is 5.18. The van der Waals surface area contributed by atoms with Gasteiger partial charge in [-0.3, -0.25) is 29.9 Å². The average Bonchev–Trinajstić information content (AvgIpc) is 3.45. The first-order valence-corrected chi connectivity index (χ1v) is 14.3. The Labute approximate surface area is 258 Å². The fraction of sp³-hybridized carbons (Fsp3) is 0.212. The molecule has 0 aliphatic carbocycles. The normalized spacial score (nSPS) is 12.9. The van der Waals surface area contributed by atoms with Gasteiger partial charge in [0.15, 0.2) is 0 Å². The summed E-state index contributed by atoms with van der Waals surface area (Å²) in [6.07, 6.45) is 0.711. The fourth-order valence-electron chi connectivity index (χ4n) is 5.18. The highest BCUT2D eigenvalue weighted by molar-refractivity contribution is 5.99. The number of aromatic amines is 1. The quantitative estimate of drug-likeness (QED) is 0.0661. The van der Waals surface area contributed by atoms with Crippen LogP contribution >= 0.6 is 0 Å². The monoisotopic (exact) mass is 608 g/mol. The molecule has 1 aromatic heterocycles. The van der Waals surface area contributed by atoms with Crippen molar-refractivity contribution in [2.45, 2.75) is 38.5 Å². The van der Waals surface area contributed by atoms with Gasteiger partial charge in [-0.2, -0.15) is 0 Å². The number of benzene rings is 3. The Morgan fingerprint density at radius 3 is 2.36 bits per heavy atom. The Hall–Kier alpha value is -5.78. The van der Waals surface area contributed by atoms with Gasteiger partial charge in [0, 0.05) is 60.6 Å². The Balaban J connectivity index is 1.28. The van der Waals surface area contributed by atoms with Crippen molar-refractivity contribution in [1.82, 2.24) is 15.2 Å². The molecule has 12 heteroatoms. The van der Waals surface area contributed by atoms with Crippen LogP contribution in [0.5, 0.6) is 0 Å². The number of amidine groups is 1. The number of aromatic nitrogens is 1. The molecule has 1 atom stereocenters. The molecule has 4 aromatic rings. The van der Waals surface area contributed by atoms with E-state index in [9.17, 15) is 24.5 Å². The lowest BCUT2D eigenvalue weighted by Gasteiger charge is -2.31. The molecule has 0 saturated heterocycles. The summed E-state index contributed by atoms with van der Waals surface area (Å²) < 4.78 is 5.41. The molecule has 230 valence electrons. The standard InChI is InChI=1S/C33H32N6O6/c34-31(35)23-8-10-24(11-9-23)32(41)37-29(16-21-6-12-27(13-7-21)39(43)44)33(42)38-15-14-28-25(19-38)17-26(36-28)18-30(40)45-20-22-4-2-1-3-5-22/h1-13,17,29,36H,14-16,18-20H2,(H3,34,35)(H,37,41)/t29-/m0/s1. The number of nitrogens with one attached hydrogen (secondary N) is 3. The number of hydrogen-bond acceptors (Lipinski definition) is 7. The number of carbonyl (C=O) groups is 3. The molecule has 2 amide bonds. The van der Waals surface area contributed by atoms with Crippen LogP contribution in [0.3, 0.4) is 0 Å². The van der Waals surface area contributed by atoms with Crippen molar-refractivity contribution < 1.29 is 24.0 Å². The molecule has 1 aliphatic rings. The van der Waals surface area contributed by atoms with Crippen LogP contribution in [-0.4, -0.2) is 51.0 Å². The van der Waals surface area contributed by atoms with Crippen molar-refractivity contribution in [3.63, 3.8) is 0 Å². The lowest BCUT2D eigenvalue weighted by Crippen LogP contribution is -2.50. The van der Waals surface area contributed by atoms with Gasteiger partial charge in [0.1, 0.15) is 18.5 Å². The van der Waals surface area contributed by atoms with Crippen LogP contribution in [0, 0.1) is 15.5 Å². The minimum Gasteiger partial charge on any atom is -0.461 e. The lowest BCUT2D eigenvalue weighted by molar-refractivity contribution is -0.384. The highest BCUT2D eigenvalue weighted by atomic mass is 16.6. The number of nitrogens with zero attached hydrogens (tertiary/aromatic N) is 2. The number of nitro benzene ring substituents is 1. The van der Waals surface area contributed by atoms with Crippen molar-refractivity contribution in [3.8, 4) is 0 Å². The number of carbonyl (C=O) groups excluding carboxylic acids is 3. The first-order valence-electron chi connectivity index (χ1n) is 14.3. The second-order valence-corrected chi connectivity index (χ2v) is 10.8. The summed E-state index contributed by atoms with van der Waals surface area (Å²) in [6, 6.07) is 22.3. The predicted octanol–water partition coefficient (Wildman–Crippen LogP) is 3.42. The van der Waals surface area contributed by atoms with Gasteiger partial charge in [0.2, 0.25) is 5.91 Å². The maximum absolute atomic E-state index is 13.9. The van der Waals surface area contributed by atoms with Crippen molar-refractivity contribution in [3.05, 3.63) is 134 Å². The number of nitrogens with two attached hydrogens (primary N) is 1. The molecule has 0 fully saturated rings. The molecule has 5 rings (SSSR count). The van der Waals surface area contributed by atoms with Gasteiger partial charge in [0.25, 0.3) is 11.6 Å². The Kier molecular flexibility index (Phi) is 9.32. The molecule has 0 saturated carbocycles. The average molecular weight is 609 g/mol. The molecule has 0 radical (unpaired) electrons. The third-order valence-electron chi connectivity index (χ3n) is 7.58. The molecular weight excluding hydrogens is 576 g/mol. The number of rotatable bonds is 11. The molecule has 45 heavy (non-hydrogen) atoms. The number of fused-ring (bicyclic) bond motifs is 1. The molecule has 1 aliphatic heterocycles. The summed E-state index contributed by atoms with van der Waals surface area (Å²) >= 11 is 0. The van der Waals surface area contributed by atoms with Crippen LogP contribution in [0.25, 0.3) is 0 Å². The number of hydrogen-bond donors (Lipinski definition) is 4. The first kappa shape index (κ1) is 30.7. The van der Waals surface area contributed by atoms with Crippen LogP contribution in [-0.2, 0) is 46.7 Å². The van der Waals surface area contributed by atoms with E-state index in [0.29, 0.717) is 29.8 Å². The van der Waals surface area contributed by atoms with Crippen molar-refractivity contribution in [2.75, 3.05) is 6.54 Å². The molecule has 0 unspecified atom stereocenters. The Morgan fingerprint density at radius 2 is 1.69 bits per heavy atom. The summed E-state index contributed by atoms with van der Waals surface area (Å²) in [5.74, 6) is -1.29. The lowest BCUT2D eigenvalue weighted by atomic mass is 10.0. The van der Waals surface area contributed by atoms with E-state index >= 15 is 0 Å². The van der Waals surface area contributed by atoms with Gasteiger partial charge >= 0.3 is 5.97 Å². The number of esters is 1. The van der Waals surface area contributed by atoms with Gasteiger partial charge in [-0.25, -0.2) is 0 Å². The number of amides is 2. The number of H-pyrrole nitrogens is 1. The molecule has 5 N–H and O–H groups in total. The number of nitrogen functional groups attached to an aromatic ring is 1. The van der Waals surface area contributed by atoms with E-state index in [0.717, 1.165) is 16.8 Å². The SMILES string of the molecule is N=C(N)c1ccc(C(=O)N[C@@H](Cc2ccc([N+](=O)[O-])cc2)C(=O)N2CCc3[nH]c(CC(=O)OCc4ccccc4)cc3C2)cc1. The maximum atomic E-state index is 13.9. The van der Waals surface area contributed by atoms with Gasteiger partial charge in [-0.1, -0.05) is 54.6 Å². The largest absolute Gasteiger partial charge is 0.461 e. The topological polar surface area (TPSA) is 185 Å². The summed E-state index contributed by atoms with van der Waals surface area (Å²) in [5, 5.41) is 21.5. The van der Waals surface area contributed by atoms with E-state index in [4.69, 9.17) is 15.9 Å². The summed E-state index contributed by atoms with van der Waals surface area (Å²) in [5.41, 5.74) is 10.2. The highest BCUT2D eigenvalue weighted by Gasteiger charge is 2.30. The summed E-state index contributed by atoms with van der Waals surface area (Å²) in [7, 11) is 0. The van der Waals surface area contributed by atoms with E-state index in [1.807, 2.05) is 36.4 Å². The molecule has 0 bridgehead atoms. The molecular formula is C33H32N6O6. The second-order valence-electron chi connectivity index (χ2n) is 10.8. The highest BCUT2D eigenvalue weighted by Crippen LogP contribution is 2.22. The van der Waals surface area contributed by atoms with Crippen molar-refractivity contribution >= 4 is 29.3 Å². The summed E-state index contributed by atoms with van der Waals surface area (Å²) in [6.45, 7) is 0.860. The maximum Gasteiger partial charge on any atom is 0.312 e. The van der Waals surface area contributed by atoms with E-state index in [1.165, 1.54) is 24.3 Å². The van der Waals surface area contributed by atoms with Crippen LogP contribution < -0.4 is 11.1 Å². The zero-order valence-corrected chi connectivity index (χ0v) is 24.3. The molecule has 3 aromatic carbocycles. The van der Waals surface area contributed by atoms with Gasteiger partial charge in [0.05, 0.1) is 11.3 Å². The zero-order chi connectivity index (χ0) is 31.9. The number of nitro groups is 1. The van der Waals surface area contributed by atoms with Gasteiger partial charge in [-0.15, -0.1) is 0 Å². The summed E-state index contributed by atoms with van der Waals surface area (Å²) in [4.78, 5) is 55.1. The number of non-ortho nitro benzene ring substituents is 1. The van der Waals surface area contributed by atoms with E-state index in [-0.39, 0.29) is 55.0 Å². The first-order chi connectivity index (χ1) is 21.7. The minimum atomic E-state index is -0.959. The molecule has 2 heterocycles. The van der Waals surface area contributed by atoms with E-state index < -0.39 is 16.9 Å². The van der Waals surface area contributed by atoms with Crippen LogP contribution in [0.4, 0.5) is 5.69 Å².